The topological polar surface area (TPSA) is 70.2 Å². The average Bonchev–Trinajstić information content (AvgIpc) is 3.37. The minimum absolute atomic E-state index is 0.0608. The molecule has 186 valence electrons. The van der Waals surface area contributed by atoms with Crippen LogP contribution < -0.4 is 15.5 Å². The summed E-state index contributed by atoms with van der Waals surface area (Å²) < 4.78 is 67.4. The first-order valence-electron chi connectivity index (χ1n) is 11.1. The Bertz CT molecular complexity index is 1260. The molecule has 2 N–H and O–H groups in total. The lowest BCUT2D eigenvalue weighted by molar-refractivity contribution is -0.126. The molecular weight excluding hydrogens is 489 g/mol. The van der Waals surface area contributed by atoms with Gasteiger partial charge in [-0.25, -0.2) is 18.7 Å². The molecule has 1 spiro atoms. The highest BCUT2D eigenvalue weighted by Crippen LogP contribution is 2.50. The average molecular weight is 512 g/mol. The summed E-state index contributed by atoms with van der Waals surface area (Å²) in [6, 6.07) is 3.40. The van der Waals surface area contributed by atoms with E-state index in [1.807, 2.05) is 0 Å². The number of halogens is 5. The molecule has 1 aromatic carbocycles. The van der Waals surface area contributed by atoms with Gasteiger partial charge in [-0.05, 0) is 42.9 Å². The van der Waals surface area contributed by atoms with Gasteiger partial charge in [0.1, 0.15) is 34.3 Å². The quantitative estimate of drug-likeness (QED) is 0.477. The van der Waals surface area contributed by atoms with Crippen LogP contribution in [0.15, 0.2) is 24.5 Å². The summed E-state index contributed by atoms with van der Waals surface area (Å²) >= 11 is 1.02. The highest BCUT2D eigenvalue weighted by atomic mass is 32.1. The number of nitrogens with one attached hydrogen (secondary N) is 2. The van der Waals surface area contributed by atoms with Crippen molar-refractivity contribution in [3.63, 3.8) is 0 Å². The smallest absolute Gasteiger partial charge is 0.378 e. The van der Waals surface area contributed by atoms with Crippen molar-refractivity contribution < 1.29 is 26.7 Å². The van der Waals surface area contributed by atoms with E-state index in [-0.39, 0.29) is 27.6 Å². The number of aromatic nitrogens is 2. The molecule has 0 atom stereocenters. The van der Waals surface area contributed by atoms with Gasteiger partial charge in [-0.3, -0.25) is 4.79 Å². The molecule has 2 fully saturated rings. The first-order chi connectivity index (χ1) is 16.6. The maximum atomic E-state index is 14.5. The van der Waals surface area contributed by atoms with Crippen molar-refractivity contribution in [3.05, 3.63) is 46.6 Å². The Kier molecular flexibility index (Phi) is 5.81. The standard InChI is InChI=1S/C23H22F5N5OS/c1-29-20(34)12-4-16(24)18(17(25)5-12)32-13-7-22(8-13)2-3-33(10-22)19-15-6-14(9-23(26,27)28)35-21(15)31-11-30-19/h4-6,11,13,32H,2-3,7-10H2,1H3,(H,29,34). The molecule has 0 unspecified atom stereocenters. The number of carbonyl (C=O) groups is 1. The van der Waals surface area contributed by atoms with Crippen LogP contribution in [0.25, 0.3) is 10.2 Å². The Hall–Kier alpha value is -3.02. The molecule has 0 bridgehead atoms. The van der Waals surface area contributed by atoms with Crippen LogP contribution in [0.3, 0.4) is 0 Å². The summed E-state index contributed by atoms with van der Waals surface area (Å²) in [6.45, 7) is 1.34. The lowest BCUT2D eigenvalue weighted by atomic mass is 9.65. The van der Waals surface area contributed by atoms with Crippen LogP contribution in [0.5, 0.6) is 0 Å². The monoisotopic (exact) mass is 511 g/mol. The van der Waals surface area contributed by atoms with Crippen molar-refractivity contribution in [3.8, 4) is 0 Å². The van der Waals surface area contributed by atoms with Gasteiger partial charge in [0.2, 0.25) is 0 Å². The third-order valence-corrected chi connectivity index (χ3v) is 7.75. The second kappa shape index (κ2) is 8.58. The fourth-order valence-corrected chi connectivity index (χ4v) is 6.18. The molecule has 35 heavy (non-hydrogen) atoms. The molecule has 3 aromatic rings. The number of hydrogen-bond acceptors (Lipinski definition) is 6. The number of fused-ring (bicyclic) bond motifs is 1. The molecular formula is C23H22F5N5OS. The van der Waals surface area contributed by atoms with E-state index >= 15 is 0 Å². The Morgan fingerprint density at radius 2 is 1.91 bits per heavy atom. The van der Waals surface area contributed by atoms with Crippen LogP contribution in [0.4, 0.5) is 33.5 Å². The third kappa shape index (κ3) is 4.63. The number of carbonyl (C=O) groups excluding carboxylic acids is 1. The number of alkyl halides is 3. The minimum Gasteiger partial charge on any atom is -0.378 e. The van der Waals surface area contributed by atoms with Crippen LogP contribution in [0.2, 0.25) is 0 Å². The second-order valence-electron chi connectivity index (χ2n) is 9.24. The van der Waals surface area contributed by atoms with Crippen LogP contribution in [0, 0.1) is 17.0 Å². The predicted octanol–water partition coefficient (Wildman–Crippen LogP) is 4.90. The molecule has 2 aromatic heterocycles. The van der Waals surface area contributed by atoms with Crippen molar-refractivity contribution in [1.29, 1.82) is 0 Å². The Morgan fingerprint density at radius 1 is 1.20 bits per heavy atom. The molecule has 1 aliphatic heterocycles. The highest BCUT2D eigenvalue weighted by Gasteiger charge is 2.49. The zero-order valence-corrected chi connectivity index (χ0v) is 19.5. The van der Waals surface area contributed by atoms with Crippen LogP contribution in [-0.4, -0.2) is 48.2 Å². The van der Waals surface area contributed by atoms with Gasteiger partial charge in [0.05, 0.1) is 11.8 Å². The van der Waals surface area contributed by atoms with Gasteiger partial charge in [0.25, 0.3) is 5.91 Å². The van der Waals surface area contributed by atoms with Crippen LogP contribution in [-0.2, 0) is 6.42 Å². The van der Waals surface area contributed by atoms with Crippen molar-refractivity contribution in [2.75, 3.05) is 30.4 Å². The molecule has 1 saturated carbocycles. The van der Waals surface area contributed by atoms with Gasteiger partial charge < -0.3 is 15.5 Å². The molecule has 12 heteroatoms. The SMILES string of the molecule is CNC(=O)c1cc(F)c(NC2CC3(CCN(c4ncnc5sc(CC(F)(F)F)cc45)C3)C2)c(F)c1. The van der Waals surface area contributed by atoms with E-state index in [1.165, 1.54) is 19.4 Å². The molecule has 1 aliphatic carbocycles. The van der Waals surface area contributed by atoms with Crippen LogP contribution >= 0.6 is 11.3 Å². The Balaban J connectivity index is 1.26. The van der Waals surface area contributed by atoms with Gasteiger partial charge in [-0.15, -0.1) is 11.3 Å². The lowest BCUT2D eigenvalue weighted by Crippen LogP contribution is -2.47. The fraction of sp³-hybridized carbons (Fsp3) is 0.435. The van der Waals surface area contributed by atoms with Crippen LogP contribution in [0.1, 0.15) is 34.5 Å². The van der Waals surface area contributed by atoms with E-state index in [1.54, 1.807) is 0 Å². The number of anilines is 2. The van der Waals surface area contributed by atoms with E-state index in [0.29, 0.717) is 42.0 Å². The van der Waals surface area contributed by atoms with E-state index < -0.39 is 30.1 Å². The third-order valence-electron chi connectivity index (χ3n) is 6.71. The number of benzene rings is 1. The number of rotatable bonds is 5. The van der Waals surface area contributed by atoms with E-state index in [9.17, 15) is 26.7 Å². The summed E-state index contributed by atoms with van der Waals surface area (Å²) in [4.78, 5) is 22.9. The summed E-state index contributed by atoms with van der Waals surface area (Å²) in [6.07, 6.45) is -1.69. The number of thiophene rings is 1. The van der Waals surface area contributed by atoms with Gasteiger partial charge in [0, 0.05) is 36.6 Å². The molecule has 1 saturated heterocycles. The van der Waals surface area contributed by atoms with Gasteiger partial charge in [-0.2, -0.15) is 13.2 Å². The molecule has 1 amide bonds. The Labute approximate surface area is 201 Å². The summed E-state index contributed by atoms with van der Waals surface area (Å²) in [5, 5.41) is 5.88. The first-order valence-corrected chi connectivity index (χ1v) is 11.9. The zero-order chi connectivity index (χ0) is 25.0. The number of nitrogens with zero attached hydrogens (tertiary/aromatic N) is 3. The van der Waals surface area contributed by atoms with Crippen molar-refractivity contribution in [2.45, 2.75) is 37.9 Å². The summed E-state index contributed by atoms with van der Waals surface area (Å²) in [5.41, 5.74) is -0.401. The fourth-order valence-electron chi connectivity index (χ4n) is 5.16. The molecule has 6 nitrogen and oxygen atoms in total. The maximum absolute atomic E-state index is 14.5. The minimum atomic E-state index is -4.29. The Morgan fingerprint density at radius 3 is 2.57 bits per heavy atom. The molecule has 5 rings (SSSR count). The highest BCUT2D eigenvalue weighted by molar-refractivity contribution is 7.18. The molecule has 2 aliphatic rings. The normalized spacial score (nSPS) is 22.0. The van der Waals surface area contributed by atoms with Gasteiger partial charge in [-0.1, -0.05) is 0 Å². The predicted molar refractivity (Wildman–Crippen MR) is 123 cm³/mol. The lowest BCUT2D eigenvalue weighted by Gasteiger charge is -2.46. The summed E-state index contributed by atoms with van der Waals surface area (Å²) in [5.74, 6) is -1.60. The van der Waals surface area contributed by atoms with E-state index in [4.69, 9.17) is 0 Å². The number of hydrogen-bond donors (Lipinski definition) is 2. The number of amides is 1. The molecule has 0 radical (unpaired) electrons. The largest absolute Gasteiger partial charge is 0.393 e. The van der Waals surface area contributed by atoms with E-state index in [2.05, 4.69) is 25.5 Å². The maximum Gasteiger partial charge on any atom is 0.393 e. The van der Waals surface area contributed by atoms with Crippen molar-refractivity contribution in [1.82, 2.24) is 15.3 Å². The second-order valence-corrected chi connectivity index (χ2v) is 10.4. The summed E-state index contributed by atoms with van der Waals surface area (Å²) in [7, 11) is 1.38. The van der Waals surface area contributed by atoms with Gasteiger partial charge in [0.15, 0.2) is 0 Å². The zero-order valence-electron chi connectivity index (χ0n) is 18.7. The first kappa shape index (κ1) is 23.7. The van der Waals surface area contributed by atoms with Crippen molar-refractivity contribution in [2.24, 2.45) is 5.41 Å². The van der Waals surface area contributed by atoms with Gasteiger partial charge >= 0.3 is 6.18 Å². The van der Waals surface area contributed by atoms with E-state index in [0.717, 1.165) is 29.9 Å². The molecule has 3 heterocycles. The van der Waals surface area contributed by atoms with Crippen molar-refractivity contribution >= 4 is 39.0 Å².